The van der Waals surface area contributed by atoms with Gasteiger partial charge in [-0.1, -0.05) is 19.4 Å². The number of hydrogen-bond acceptors (Lipinski definition) is 5. The third kappa shape index (κ3) is 4.96. The maximum absolute atomic E-state index is 4.84. The summed E-state index contributed by atoms with van der Waals surface area (Å²) in [4.78, 5) is 14.0. The minimum Gasteiger partial charge on any atom is -0.356 e. The second-order valence-electron chi connectivity index (χ2n) is 6.80. The molecule has 3 rings (SSSR count). The maximum Gasteiger partial charge on any atom is 0.194 e. The van der Waals surface area contributed by atoms with Crippen LogP contribution in [-0.4, -0.2) is 63.3 Å². The van der Waals surface area contributed by atoms with Gasteiger partial charge in [0.2, 0.25) is 0 Å². The van der Waals surface area contributed by atoms with Crippen molar-refractivity contribution in [1.82, 2.24) is 30.0 Å². The summed E-state index contributed by atoms with van der Waals surface area (Å²) in [6.45, 7) is 9.35. The van der Waals surface area contributed by atoms with Gasteiger partial charge in [-0.25, -0.2) is 9.98 Å². The summed E-state index contributed by atoms with van der Waals surface area (Å²) in [6, 6.07) is 6.06. The van der Waals surface area contributed by atoms with E-state index in [1.54, 1.807) is 0 Å². The van der Waals surface area contributed by atoms with Gasteiger partial charge in [0.25, 0.3) is 0 Å². The van der Waals surface area contributed by atoms with E-state index in [9.17, 15) is 0 Å². The van der Waals surface area contributed by atoms with Crippen LogP contribution in [0.5, 0.6) is 0 Å². The number of aromatic nitrogens is 4. The SMILES string of the molecule is CCCCNC(=NCc1nnc(C)n1C)N1CCN(c2ccccn2)CC1. The molecule has 0 bridgehead atoms. The molecule has 1 N–H and O–H groups in total. The fourth-order valence-corrected chi connectivity index (χ4v) is 3.07. The molecule has 2 aromatic rings. The second kappa shape index (κ2) is 9.34. The lowest BCUT2D eigenvalue weighted by Gasteiger charge is -2.37. The van der Waals surface area contributed by atoms with E-state index < -0.39 is 0 Å². The van der Waals surface area contributed by atoms with Crippen molar-refractivity contribution < 1.29 is 0 Å². The van der Waals surface area contributed by atoms with Gasteiger partial charge in [-0.05, 0) is 25.5 Å². The molecule has 0 atom stereocenters. The summed E-state index contributed by atoms with van der Waals surface area (Å²) in [5.41, 5.74) is 0. The zero-order valence-electron chi connectivity index (χ0n) is 16.6. The Bertz CT molecular complexity index is 731. The van der Waals surface area contributed by atoms with Crippen LogP contribution in [0.4, 0.5) is 5.82 Å². The predicted molar refractivity (Wildman–Crippen MR) is 108 cm³/mol. The highest BCUT2D eigenvalue weighted by Crippen LogP contribution is 2.13. The van der Waals surface area contributed by atoms with Crippen molar-refractivity contribution >= 4 is 11.8 Å². The van der Waals surface area contributed by atoms with E-state index in [1.807, 2.05) is 36.9 Å². The molecule has 3 heterocycles. The first kappa shape index (κ1) is 19.1. The summed E-state index contributed by atoms with van der Waals surface area (Å²) in [5.74, 6) is 3.80. The summed E-state index contributed by atoms with van der Waals surface area (Å²) in [5, 5.41) is 11.9. The largest absolute Gasteiger partial charge is 0.356 e. The Morgan fingerprint density at radius 3 is 2.63 bits per heavy atom. The molecule has 8 heteroatoms. The Morgan fingerprint density at radius 1 is 1.19 bits per heavy atom. The van der Waals surface area contributed by atoms with E-state index in [1.165, 1.54) is 0 Å². The Balaban J connectivity index is 1.64. The number of rotatable bonds is 6. The van der Waals surface area contributed by atoms with Gasteiger partial charge in [0.05, 0.1) is 0 Å². The number of hydrogen-bond donors (Lipinski definition) is 1. The maximum atomic E-state index is 4.84. The number of pyridine rings is 1. The highest BCUT2D eigenvalue weighted by molar-refractivity contribution is 5.80. The number of anilines is 1. The molecule has 1 saturated heterocycles. The molecule has 27 heavy (non-hydrogen) atoms. The summed E-state index contributed by atoms with van der Waals surface area (Å²) >= 11 is 0. The number of nitrogens with one attached hydrogen (secondary N) is 1. The number of unbranched alkanes of at least 4 members (excludes halogenated alkanes) is 1. The Kier molecular flexibility index (Phi) is 6.62. The lowest BCUT2D eigenvalue weighted by atomic mass is 10.3. The molecule has 8 nitrogen and oxygen atoms in total. The van der Waals surface area contributed by atoms with Crippen LogP contribution < -0.4 is 10.2 Å². The smallest absolute Gasteiger partial charge is 0.194 e. The molecule has 146 valence electrons. The lowest BCUT2D eigenvalue weighted by Crippen LogP contribution is -2.53. The van der Waals surface area contributed by atoms with Gasteiger partial charge in [0.15, 0.2) is 11.8 Å². The number of nitrogens with zero attached hydrogens (tertiary/aromatic N) is 7. The van der Waals surface area contributed by atoms with Gasteiger partial charge in [-0.2, -0.15) is 0 Å². The van der Waals surface area contributed by atoms with Gasteiger partial charge in [0.1, 0.15) is 18.2 Å². The van der Waals surface area contributed by atoms with Crippen LogP contribution in [0, 0.1) is 6.92 Å². The number of piperazine rings is 1. The molecule has 1 aliphatic heterocycles. The van der Waals surface area contributed by atoms with Crippen LogP contribution in [0.15, 0.2) is 29.4 Å². The topological polar surface area (TPSA) is 74.5 Å². The molecule has 0 saturated carbocycles. The van der Waals surface area contributed by atoms with Crippen LogP contribution in [0.1, 0.15) is 31.4 Å². The normalized spacial score (nSPS) is 15.3. The van der Waals surface area contributed by atoms with E-state index in [0.29, 0.717) is 6.54 Å². The molecule has 0 radical (unpaired) electrons. The lowest BCUT2D eigenvalue weighted by molar-refractivity contribution is 0.370. The highest BCUT2D eigenvalue weighted by Gasteiger charge is 2.20. The average molecular weight is 371 g/mol. The van der Waals surface area contributed by atoms with Crippen LogP contribution >= 0.6 is 0 Å². The molecular weight excluding hydrogens is 340 g/mol. The summed E-state index contributed by atoms with van der Waals surface area (Å²) in [6.07, 6.45) is 4.15. The highest BCUT2D eigenvalue weighted by atomic mass is 15.4. The standard InChI is InChI=1S/C19H30N8/c1-4-5-9-21-19(22-15-18-24-23-16(2)25(18)3)27-13-11-26(12-14-27)17-8-6-7-10-20-17/h6-8,10H,4-5,9,11-15H2,1-3H3,(H,21,22). The van der Waals surface area contributed by atoms with Gasteiger partial charge in [-0.15, -0.1) is 10.2 Å². The number of aryl methyl sites for hydroxylation is 1. The molecule has 0 aromatic carbocycles. The number of guanidine groups is 1. The quantitative estimate of drug-likeness (QED) is 0.473. The fourth-order valence-electron chi connectivity index (χ4n) is 3.07. The average Bonchev–Trinajstić information content (AvgIpc) is 3.03. The van der Waals surface area contributed by atoms with Crippen molar-refractivity contribution in [3.8, 4) is 0 Å². The first-order chi connectivity index (χ1) is 13.2. The molecule has 1 fully saturated rings. The van der Waals surface area contributed by atoms with Gasteiger partial charge < -0.3 is 19.7 Å². The first-order valence-electron chi connectivity index (χ1n) is 9.73. The molecule has 1 aliphatic rings. The van der Waals surface area contributed by atoms with Gasteiger partial charge >= 0.3 is 0 Å². The van der Waals surface area contributed by atoms with E-state index in [4.69, 9.17) is 4.99 Å². The van der Waals surface area contributed by atoms with E-state index >= 15 is 0 Å². The molecule has 0 unspecified atom stereocenters. The third-order valence-electron chi connectivity index (χ3n) is 4.92. The Morgan fingerprint density at radius 2 is 2.00 bits per heavy atom. The Labute approximate surface area is 161 Å². The van der Waals surface area contributed by atoms with Gasteiger partial charge in [-0.3, -0.25) is 0 Å². The molecule has 0 aliphatic carbocycles. The van der Waals surface area contributed by atoms with E-state index in [0.717, 1.165) is 69.0 Å². The molecular formula is C19H30N8. The van der Waals surface area contributed by atoms with Crippen LogP contribution in [0.3, 0.4) is 0 Å². The van der Waals surface area contributed by atoms with Crippen LogP contribution in [-0.2, 0) is 13.6 Å². The van der Waals surface area contributed by atoms with Crippen molar-refractivity contribution in [3.05, 3.63) is 36.0 Å². The third-order valence-corrected chi connectivity index (χ3v) is 4.92. The second-order valence-corrected chi connectivity index (χ2v) is 6.80. The monoisotopic (exact) mass is 370 g/mol. The molecule has 0 amide bonds. The fraction of sp³-hybridized carbons (Fsp3) is 0.579. The van der Waals surface area contributed by atoms with Crippen molar-refractivity contribution in [2.75, 3.05) is 37.6 Å². The minimum atomic E-state index is 0.534. The summed E-state index contributed by atoms with van der Waals surface area (Å²) in [7, 11) is 1.98. The molecule has 0 spiro atoms. The number of aliphatic imine (C=N–C) groups is 1. The zero-order valence-corrected chi connectivity index (χ0v) is 16.6. The van der Waals surface area contributed by atoms with E-state index in [-0.39, 0.29) is 0 Å². The molecule has 2 aromatic heterocycles. The van der Waals surface area contributed by atoms with Crippen molar-refractivity contribution in [3.63, 3.8) is 0 Å². The van der Waals surface area contributed by atoms with Gasteiger partial charge in [0, 0.05) is 46.0 Å². The zero-order chi connectivity index (χ0) is 19.1. The van der Waals surface area contributed by atoms with Crippen LogP contribution in [0.25, 0.3) is 0 Å². The first-order valence-corrected chi connectivity index (χ1v) is 9.73. The van der Waals surface area contributed by atoms with Crippen molar-refractivity contribution in [1.29, 1.82) is 0 Å². The Hall–Kier alpha value is -2.64. The van der Waals surface area contributed by atoms with Crippen LogP contribution in [0.2, 0.25) is 0 Å². The summed E-state index contributed by atoms with van der Waals surface area (Å²) < 4.78 is 1.99. The van der Waals surface area contributed by atoms with Crippen molar-refractivity contribution in [2.45, 2.75) is 33.2 Å². The predicted octanol–water partition coefficient (Wildman–Crippen LogP) is 1.59. The van der Waals surface area contributed by atoms with E-state index in [2.05, 4.69) is 43.3 Å². The van der Waals surface area contributed by atoms with Crippen molar-refractivity contribution in [2.24, 2.45) is 12.0 Å². The minimum absolute atomic E-state index is 0.534.